The molecule has 0 saturated carbocycles. The van der Waals surface area contributed by atoms with Gasteiger partial charge < -0.3 is 0 Å². The van der Waals surface area contributed by atoms with Gasteiger partial charge in [0.2, 0.25) is 0 Å². The zero-order valence-electron chi connectivity index (χ0n) is 20.2. The van der Waals surface area contributed by atoms with E-state index in [9.17, 15) is 0 Å². The van der Waals surface area contributed by atoms with E-state index in [1.54, 1.807) is 6.07 Å². The maximum absolute atomic E-state index is 15.9. The Morgan fingerprint density at radius 2 is 0.865 bits per heavy atom. The van der Waals surface area contributed by atoms with Crippen LogP contribution in [0.2, 0.25) is 0 Å². The van der Waals surface area contributed by atoms with E-state index in [0.717, 1.165) is 38.2 Å². The summed E-state index contributed by atoms with van der Waals surface area (Å²) in [5.41, 5.74) is 5.87. The lowest BCUT2D eigenvalue weighted by Gasteiger charge is -2.18. The molecule has 0 atom stereocenters. The van der Waals surface area contributed by atoms with Gasteiger partial charge in [-0.2, -0.15) is 0 Å². The van der Waals surface area contributed by atoms with E-state index in [1.807, 2.05) is 36.4 Å². The first kappa shape index (κ1) is 21.5. The van der Waals surface area contributed by atoms with E-state index >= 15 is 4.39 Å². The van der Waals surface area contributed by atoms with Crippen LogP contribution in [-0.2, 0) is 0 Å². The number of halogens is 1. The molecular weight excluding hydrogens is 451 g/mol. The van der Waals surface area contributed by atoms with Crippen LogP contribution in [0.25, 0.3) is 65.7 Å². The topological polar surface area (TPSA) is 0 Å². The number of fused-ring (bicyclic) bond motifs is 3. The first-order valence-electron chi connectivity index (χ1n) is 12.6. The van der Waals surface area contributed by atoms with Crippen molar-refractivity contribution in [2.45, 2.75) is 0 Å². The Kier molecular flexibility index (Phi) is 5.08. The van der Waals surface area contributed by atoms with E-state index in [2.05, 4.69) is 97.1 Å². The van der Waals surface area contributed by atoms with Crippen LogP contribution in [0.3, 0.4) is 0 Å². The maximum atomic E-state index is 15.9. The molecule has 0 heterocycles. The lowest BCUT2D eigenvalue weighted by molar-refractivity contribution is 0.632. The molecule has 1 heteroatoms. The minimum atomic E-state index is -0.214. The predicted octanol–water partition coefficient (Wildman–Crippen LogP) is 10.3. The van der Waals surface area contributed by atoms with Gasteiger partial charge >= 0.3 is 0 Å². The highest BCUT2D eigenvalue weighted by atomic mass is 19.1. The number of hydrogen-bond acceptors (Lipinski definition) is 0. The second-order valence-corrected chi connectivity index (χ2v) is 9.43. The Hall–Kier alpha value is -4.75. The zero-order valence-corrected chi connectivity index (χ0v) is 20.2. The summed E-state index contributed by atoms with van der Waals surface area (Å²) in [5, 5.41) is 6.74. The summed E-state index contributed by atoms with van der Waals surface area (Å²) in [6.07, 6.45) is 0. The molecule has 37 heavy (non-hydrogen) atoms. The van der Waals surface area contributed by atoms with E-state index in [4.69, 9.17) is 0 Å². The first-order valence-corrected chi connectivity index (χ1v) is 12.6. The fraction of sp³-hybridized carbons (Fsp3) is 0. The molecule has 0 aliphatic carbocycles. The Morgan fingerprint density at radius 1 is 0.351 bits per heavy atom. The van der Waals surface area contributed by atoms with Gasteiger partial charge in [0.25, 0.3) is 0 Å². The van der Waals surface area contributed by atoms with Crippen molar-refractivity contribution in [2.75, 3.05) is 0 Å². The normalized spacial score (nSPS) is 11.4. The molecule has 7 aromatic carbocycles. The quantitative estimate of drug-likeness (QED) is 0.223. The Labute approximate surface area is 215 Å². The summed E-state index contributed by atoms with van der Waals surface area (Å²) in [6, 6.07) is 47.4. The van der Waals surface area contributed by atoms with Crippen molar-refractivity contribution in [1.29, 1.82) is 0 Å². The molecule has 0 amide bonds. The molecule has 174 valence electrons. The molecular formula is C36H23F. The van der Waals surface area contributed by atoms with E-state index in [0.29, 0.717) is 5.56 Å². The highest BCUT2D eigenvalue weighted by Crippen LogP contribution is 2.44. The van der Waals surface area contributed by atoms with Crippen LogP contribution in [0.1, 0.15) is 0 Å². The monoisotopic (exact) mass is 474 g/mol. The van der Waals surface area contributed by atoms with Crippen molar-refractivity contribution in [1.82, 2.24) is 0 Å². The Balaban J connectivity index is 1.50. The van der Waals surface area contributed by atoms with Crippen LogP contribution in [0, 0.1) is 5.82 Å². The average Bonchev–Trinajstić information content (AvgIpc) is 2.96. The standard InChI is InChI=1S/C36H23F/c37-34-23-26(21-22-29(34)28-20-10-14-24-11-4-5-15-27(24)28)36-32-18-8-6-16-30(32)35(25-12-2-1-3-13-25)31-17-7-9-19-33(31)36/h1-23H. The minimum absolute atomic E-state index is 0.214. The van der Waals surface area contributed by atoms with Crippen molar-refractivity contribution >= 4 is 32.3 Å². The lowest BCUT2D eigenvalue weighted by atomic mass is 9.85. The number of rotatable bonds is 3. The Morgan fingerprint density at radius 3 is 1.49 bits per heavy atom. The molecule has 0 aliphatic heterocycles. The second kappa shape index (κ2) is 8.72. The van der Waals surface area contributed by atoms with Crippen molar-refractivity contribution in [2.24, 2.45) is 0 Å². The van der Waals surface area contributed by atoms with Crippen LogP contribution in [0.4, 0.5) is 4.39 Å². The average molecular weight is 475 g/mol. The highest BCUT2D eigenvalue weighted by Gasteiger charge is 2.18. The molecule has 7 aromatic rings. The largest absolute Gasteiger partial charge is 0.206 e. The molecule has 0 fully saturated rings. The summed E-state index contributed by atoms with van der Waals surface area (Å²) in [7, 11) is 0. The number of hydrogen-bond donors (Lipinski definition) is 0. The van der Waals surface area contributed by atoms with Gasteiger partial charge in [-0.3, -0.25) is 0 Å². The van der Waals surface area contributed by atoms with Crippen molar-refractivity contribution in [3.63, 3.8) is 0 Å². The minimum Gasteiger partial charge on any atom is -0.206 e. The fourth-order valence-corrected chi connectivity index (χ4v) is 5.70. The van der Waals surface area contributed by atoms with Gasteiger partial charge in [0.15, 0.2) is 0 Å². The number of benzene rings is 7. The summed E-state index contributed by atoms with van der Waals surface area (Å²) in [4.78, 5) is 0. The third-order valence-electron chi connectivity index (χ3n) is 7.33. The zero-order chi connectivity index (χ0) is 24.8. The molecule has 0 N–H and O–H groups in total. The van der Waals surface area contributed by atoms with Crippen molar-refractivity contribution in [3.8, 4) is 33.4 Å². The highest BCUT2D eigenvalue weighted by molar-refractivity contribution is 6.21. The van der Waals surface area contributed by atoms with Crippen molar-refractivity contribution in [3.05, 3.63) is 145 Å². The summed E-state index contributed by atoms with van der Waals surface area (Å²) in [5.74, 6) is -0.214. The fourth-order valence-electron chi connectivity index (χ4n) is 5.70. The van der Waals surface area contributed by atoms with Gasteiger partial charge in [-0.15, -0.1) is 0 Å². The third-order valence-corrected chi connectivity index (χ3v) is 7.33. The van der Waals surface area contributed by atoms with Crippen LogP contribution in [-0.4, -0.2) is 0 Å². The molecule has 0 spiro atoms. The predicted molar refractivity (Wildman–Crippen MR) is 155 cm³/mol. The first-order chi connectivity index (χ1) is 18.3. The molecule has 0 bridgehead atoms. The molecule has 0 radical (unpaired) electrons. The maximum Gasteiger partial charge on any atom is 0.131 e. The van der Waals surface area contributed by atoms with Gasteiger partial charge in [-0.1, -0.05) is 133 Å². The van der Waals surface area contributed by atoms with E-state index in [-0.39, 0.29) is 5.82 Å². The summed E-state index contributed by atoms with van der Waals surface area (Å²) >= 11 is 0. The van der Waals surface area contributed by atoms with Crippen LogP contribution < -0.4 is 0 Å². The molecule has 0 unspecified atom stereocenters. The van der Waals surface area contributed by atoms with Gasteiger partial charge in [0.05, 0.1) is 0 Å². The van der Waals surface area contributed by atoms with Gasteiger partial charge in [-0.25, -0.2) is 4.39 Å². The van der Waals surface area contributed by atoms with Gasteiger partial charge in [-0.05, 0) is 66.2 Å². The molecule has 0 aliphatic rings. The van der Waals surface area contributed by atoms with Crippen molar-refractivity contribution < 1.29 is 4.39 Å². The third kappa shape index (κ3) is 3.51. The van der Waals surface area contributed by atoms with E-state index < -0.39 is 0 Å². The molecule has 7 rings (SSSR count). The SMILES string of the molecule is Fc1cc(-c2c3ccccc3c(-c3ccccc3)c3ccccc23)ccc1-c1cccc2ccccc12. The van der Waals surface area contributed by atoms with Gasteiger partial charge in [0.1, 0.15) is 5.82 Å². The van der Waals surface area contributed by atoms with Crippen LogP contribution in [0.15, 0.2) is 140 Å². The van der Waals surface area contributed by atoms with Gasteiger partial charge in [0, 0.05) is 5.56 Å². The summed E-state index contributed by atoms with van der Waals surface area (Å²) < 4.78 is 15.9. The van der Waals surface area contributed by atoms with Crippen LogP contribution in [0.5, 0.6) is 0 Å². The molecule has 0 aromatic heterocycles. The molecule has 0 nitrogen and oxygen atoms in total. The second-order valence-electron chi connectivity index (χ2n) is 9.43. The smallest absolute Gasteiger partial charge is 0.131 e. The molecule has 0 saturated heterocycles. The van der Waals surface area contributed by atoms with E-state index in [1.165, 1.54) is 21.9 Å². The lowest BCUT2D eigenvalue weighted by Crippen LogP contribution is -1.92. The summed E-state index contributed by atoms with van der Waals surface area (Å²) in [6.45, 7) is 0. The van der Waals surface area contributed by atoms with Crippen LogP contribution >= 0.6 is 0 Å². The Bertz CT molecular complexity index is 1870.